The van der Waals surface area contributed by atoms with Crippen LogP contribution in [0.2, 0.25) is 0 Å². The second kappa shape index (κ2) is 7.98. The van der Waals surface area contributed by atoms with Gasteiger partial charge >= 0.3 is 0 Å². The fourth-order valence-corrected chi connectivity index (χ4v) is 3.95. The molecule has 2 aromatic heterocycles. The molecule has 0 spiro atoms. The molecule has 1 N–H and O–H groups in total. The summed E-state index contributed by atoms with van der Waals surface area (Å²) in [7, 11) is 0. The zero-order valence-corrected chi connectivity index (χ0v) is 16.9. The van der Waals surface area contributed by atoms with E-state index in [-0.39, 0.29) is 5.91 Å². The predicted molar refractivity (Wildman–Crippen MR) is 114 cm³/mol. The number of carbonyl (C=O) groups excluding carboxylic acids is 1. The van der Waals surface area contributed by atoms with Crippen LogP contribution in [-0.4, -0.2) is 47.0 Å². The molecule has 1 aromatic carbocycles. The molecule has 1 fully saturated rings. The van der Waals surface area contributed by atoms with E-state index in [4.69, 9.17) is 0 Å². The van der Waals surface area contributed by atoms with Crippen molar-refractivity contribution in [3.8, 4) is 0 Å². The van der Waals surface area contributed by atoms with Crippen LogP contribution < -0.4 is 10.2 Å². The van der Waals surface area contributed by atoms with Crippen LogP contribution in [0.3, 0.4) is 0 Å². The molecule has 0 aliphatic carbocycles. The van der Waals surface area contributed by atoms with Crippen LogP contribution >= 0.6 is 11.3 Å². The molecule has 0 atom stereocenters. The zero-order chi connectivity index (χ0) is 19.5. The number of carbonyl (C=O) groups is 1. The summed E-state index contributed by atoms with van der Waals surface area (Å²) in [6.45, 7) is 6.88. The van der Waals surface area contributed by atoms with Crippen LogP contribution in [0.25, 0.3) is 0 Å². The summed E-state index contributed by atoms with van der Waals surface area (Å²) in [5.41, 5.74) is 2.22. The molecule has 0 saturated carbocycles. The molecule has 0 bridgehead atoms. The molecular weight excluding hydrogens is 370 g/mol. The normalized spacial score (nSPS) is 14.2. The Morgan fingerprint density at radius 1 is 1.04 bits per heavy atom. The van der Waals surface area contributed by atoms with Gasteiger partial charge in [-0.2, -0.15) is 0 Å². The minimum absolute atomic E-state index is 0.121. The van der Waals surface area contributed by atoms with Gasteiger partial charge in [0.05, 0.1) is 4.88 Å². The van der Waals surface area contributed by atoms with Crippen molar-refractivity contribution in [1.82, 2.24) is 14.9 Å². The average Bonchev–Trinajstić information content (AvgIpc) is 3.24. The van der Waals surface area contributed by atoms with E-state index in [1.54, 1.807) is 0 Å². The summed E-state index contributed by atoms with van der Waals surface area (Å²) in [6, 6.07) is 14.0. The van der Waals surface area contributed by atoms with E-state index in [2.05, 4.69) is 39.2 Å². The largest absolute Gasteiger partial charge is 0.353 e. The van der Waals surface area contributed by atoms with Crippen molar-refractivity contribution < 1.29 is 4.79 Å². The number of rotatable bonds is 4. The molecule has 0 unspecified atom stereocenters. The molecule has 1 saturated heterocycles. The molecule has 3 heterocycles. The van der Waals surface area contributed by atoms with Gasteiger partial charge < -0.3 is 15.1 Å². The second-order valence-electron chi connectivity index (χ2n) is 6.91. The Kier molecular flexibility index (Phi) is 5.25. The van der Waals surface area contributed by atoms with Crippen LogP contribution in [-0.2, 0) is 0 Å². The minimum atomic E-state index is 0.121. The maximum Gasteiger partial charge on any atom is 0.264 e. The van der Waals surface area contributed by atoms with E-state index in [0.717, 1.165) is 41.1 Å². The van der Waals surface area contributed by atoms with Crippen LogP contribution in [0, 0.1) is 13.8 Å². The highest BCUT2D eigenvalue weighted by atomic mass is 32.1. The molecule has 144 valence electrons. The predicted octanol–water partition coefficient (Wildman–Crippen LogP) is 3.86. The highest BCUT2D eigenvalue weighted by Crippen LogP contribution is 2.22. The quantitative estimate of drug-likeness (QED) is 0.729. The van der Waals surface area contributed by atoms with Crippen LogP contribution in [0.5, 0.6) is 0 Å². The van der Waals surface area contributed by atoms with E-state index >= 15 is 0 Å². The third kappa shape index (κ3) is 4.14. The van der Waals surface area contributed by atoms with Crippen molar-refractivity contribution in [1.29, 1.82) is 0 Å². The van der Waals surface area contributed by atoms with Gasteiger partial charge in [0.2, 0.25) is 0 Å². The van der Waals surface area contributed by atoms with Crippen molar-refractivity contribution in [3.05, 3.63) is 64.1 Å². The van der Waals surface area contributed by atoms with Gasteiger partial charge in [0, 0.05) is 37.9 Å². The van der Waals surface area contributed by atoms with Gasteiger partial charge in [-0.05, 0) is 37.4 Å². The average molecular weight is 394 g/mol. The van der Waals surface area contributed by atoms with E-state index in [1.807, 2.05) is 47.5 Å². The Hall–Kier alpha value is -2.93. The molecule has 1 amide bonds. The van der Waals surface area contributed by atoms with Gasteiger partial charge in [-0.1, -0.05) is 23.8 Å². The molecule has 6 nitrogen and oxygen atoms in total. The molecule has 1 aliphatic heterocycles. The van der Waals surface area contributed by atoms with Crippen molar-refractivity contribution in [2.45, 2.75) is 13.8 Å². The lowest BCUT2D eigenvalue weighted by Crippen LogP contribution is -2.49. The van der Waals surface area contributed by atoms with Gasteiger partial charge in [0.1, 0.15) is 17.5 Å². The number of aromatic nitrogens is 2. The molecule has 4 rings (SSSR count). The summed E-state index contributed by atoms with van der Waals surface area (Å²) in [5, 5.41) is 5.30. The molecular formula is C21H23N5OS. The second-order valence-corrected chi connectivity index (χ2v) is 7.85. The lowest BCUT2D eigenvalue weighted by molar-refractivity contribution is 0.0751. The third-order valence-corrected chi connectivity index (χ3v) is 5.63. The number of thiophene rings is 1. The van der Waals surface area contributed by atoms with Gasteiger partial charge in [0.15, 0.2) is 0 Å². The first-order chi connectivity index (χ1) is 13.6. The fraction of sp³-hybridized carbons (Fsp3) is 0.286. The number of hydrogen-bond acceptors (Lipinski definition) is 6. The smallest absolute Gasteiger partial charge is 0.264 e. The molecule has 28 heavy (non-hydrogen) atoms. The third-order valence-electron chi connectivity index (χ3n) is 4.77. The summed E-state index contributed by atoms with van der Waals surface area (Å²) in [5.74, 6) is 2.52. The molecule has 0 radical (unpaired) electrons. The van der Waals surface area contributed by atoms with Crippen LogP contribution in [0.15, 0.2) is 47.8 Å². The number of hydrogen-bond donors (Lipinski definition) is 1. The van der Waals surface area contributed by atoms with Crippen molar-refractivity contribution in [3.63, 3.8) is 0 Å². The Labute approximate surface area is 168 Å². The Balaban J connectivity index is 1.44. The molecule has 3 aromatic rings. The monoisotopic (exact) mass is 393 g/mol. The van der Waals surface area contributed by atoms with Crippen molar-refractivity contribution in [2.24, 2.45) is 0 Å². The summed E-state index contributed by atoms with van der Waals surface area (Å²) >= 11 is 1.49. The first kappa shape index (κ1) is 18.4. The van der Waals surface area contributed by atoms with Gasteiger partial charge in [-0.15, -0.1) is 11.3 Å². The molecule has 7 heteroatoms. The maximum atomic E-state index is 12.5. The first-order valence-electron chi connectivity index (χ1n) is 9.35. The number of aryl methyl sites for hydroxylation is 2. The van der Waals surface area contributed by atoms with Crippen molar-refractivity contribution >= 4 is 34.6 Å². The maximum absolute atomic E-state index is 12.5. The SMILES string of the molecule is Cc1ccc(Nc2cc(N3CCN(C(=O)c4cccs4)CC3)nc(C)n2)cc1. The van der Waals surface area contributed by atoms with E-state index < -0.39 is 0 Å². The highest BCUT2D eigenvalue weighted by molar-refractivity contribution is 7.12. The van der Waals surface area contributed by atoms with E-state index in [9.17, 15) is 4.79 Å². The summed E-state index contributed by atoms with van der Waals surface area (Å²) in [4.78, 5) is 26.6. The highest BCUT2D eigenvalue weighted by Gasteiger charge is 2.23. The fourth-order valence-electron chi connectivity index (χ4n) is 3.26. The number of anilines is 3. The van der Waals surface area contributed by atoms with Crippen LogP contribution in [0.1, 0.15) is 21.1 Å². The lowest BCUT2D eigenvalue weighted by Gasteiger charge is -2.35. The van der Waals surface area contributed by atoms with E-state index in [0.29, 0.717) is 13.1 Å². The molecule has 1 aliphatic rings. The van der Waals surface area contributed by atoms with Gasteiger partial charge in [-0.3, -0.25) is 4.79 Å². The van der Waals surface area contributed by atoms with Gasteiger partial charge in [0.25, 0.3) is 5.91 Å². The number of piperazine rings is 1. The number of nitrogens with zero attached hydrogens (tertiary/aromatic N) is 4. The van der Waals surface area contributed by atoms with Crippen LogP contribution in [0.4, 0.5) is 17.3 Å². The zero-order valence-electron chi connectivity index (χ0n) is 16.1. The van der Waals surface area contributed by atoms with Gasteiger partial charge in [-0.25, -0.2) is 9.97 Å². The number of nitrogens with one attached hydrogen (secondary N) is 1. The minimum Gasteiger partial charge on any atom is -0.353 e. The Morgan fingerprint density at radius 2 is 1.79 bits per heavy atom. The topological polar surface area (TPSA) is 61.4 Å². The van der Waals surface area contributed by atoms with Crippen molar-refractivity contribution in [2.75, 3.05) is 36.4 Å². The first-order valence-corrected chi connectivity index (χ1v) is 10.2. The summed E-state index contributed by atoms with van der Waals surface area (Å²) in [6.07, 6.45) is 0. The number of benzene rings is 1. The standard InChI is InChI=1S/C21H23N5OS/c1-15-5-7-17(8-6-15)24-19-14-20(23-16(2)22-19)25-9-11-26(12-10-25)21(27)18-4-3-13-28-18/h3-8,13-14H,9-12H2,1-2H3,(H,22,23,24). The number of amides is 1. The Morgan fingerprint density at radius 3 is 2.46 bits per heavy atom. The lowest BCUT2D eigenvalue weighted by atomic mass is 10.2. The van der Waals surface area contributed by atoms with E-state index in [1.165, 1.54) is 16.9 Å². The summed E-state index contributed by atoms with van der Waals surface area (Å²) < 4.78 is 0. The Bertz CT molecular complexity index is 947.